The zero-order valence-corrected chi connectivity index (χ0v) is 28.7. The minimum absolute atomic E-state index is 0.0386. The monoisotopic (exact) mass is 626 g/mol. The minimum Gasteiger partial charge on any atom is -0.375 e. The van der Waals surface area contributed by atoms with Crippen molar-refractivity contribution in [1.82, 2.24) is 10.0 Å². The van der Waals surface area contributed by atoms with Crippen LogP contribution in [0, 0.1) is 6.92 Å². The lowest BCUT2D eigenvalue weighted by atomic mass is 9.89. The molecule has 0 fully saturated rings. The summed E-state index contributed by atoms with van der Waals surface area (Å²) in [5.74, 6) is 0.370. The van der Waals surface area contributed by atoms with Crippen LogP contribution in [0.3, 0.4) is 0 Å². The quantitative estimate of drug-likeness (QED) is 0.129. The summed E-state index contributed by atoms with van der Waals surface area (Å²) in [5.41, 5.74) is 7.11. The van der Waals surface area contributed by atoms with Gasteiger partial charge >= 0.3 is 0 Å². The van der Waals surface area contributed by atoms with Gasteiger partial charge in [0.05, 0.1) is 30.2 Å². The fourth-order valence-corrected chi connectivity index (χ4v) is 7.60. The van der Waals surface area contributed by atoms with Gasteiger partial charge in [-0.05, 0) is 58.1 Å². The molecule has 4 rings (SSSR count). The molecule has 0 aliphatic heterocycles. The van der Waals surface area contributed by atoms with E-state index in [-0.39, 0.29) is 17.9 Å². The van der Waals surface area contributed by atoms with Crippen LogP contribution in [0.1, 0.15) is 110 Å². The zero-order valence-electron chi connectivity index (χ0n) is 27.9. The summed E-state index contributed by atoms with van der Waals surface area (Å²) in [5, 5.41) is 3.65. The Labute approximate surface area is 271 Å². The van der Waals surface area contributed by atoms with Crippen molar-refractivity contribution >= 4 is 10.0 Å². The molecule has 0 aliphatic carbocycles. The number of ether oxygens (including phenoxy) is 1. The van der Waals surface area contributed by atoms with Gasteiger partial charge in [-0.25, -0.2) is 13.1 Å². The maximum absolute atomic E-state index is 14.7. The van der Waals surface area contributed by atoms with Gasteiger partial charge in [-0.2, -0.15) is 0 Å². The predicted molar refractivity (Wildman–Crippen MR) is 186 cm³/mol. The summed E-state index contributed by atoms with van der Waals surface area (Å²) in [7, 11) is -3.95. The molecule has 6 heteroatoms. The standard InChI is InChI=1S/C39H50N2O3S/c1-27(2)34-24-35(28(3)4)39(36(25-34)29(5)6)45(42,43)41-38(33-16-12-9-13-17-33)37(32-14-10-8-11-15-32)40-22-23-44-26-31-20-18-30(7)19-21-31/h8-21,24-25,27-29,37-38,40-41H,22-23,26H2,1-7H3/t37-,38?/m0/s1. The van der Waals surface area contributed by atoms with E-state index in [1.807, 2.05) is 60.7 Å². The fourth-order valence-electron chi connectivity index (χ4n) is 5.66. The van der Waals surface area contributed by atoms with Crippen molar-refractivity contribution < 1.29 is 13.2 Å². The van der Waals surface area contributed by atoms with Gasteiger partial charge in [0.25, 0.3) is 0 Å². The minimum atomic E-state index is -3.95. The van der Waals surface area contributed by atoms with Crippen LogP contribution in [0.4, 0.5) is 0 Å². The van der Waals surface area contributed by atoms with Crippen LogP contribution in [-0.4, -0.2) is 21.6 Å². The Kier molecular flexibility index (Phi) is 12.2. The van der Waals surface area contributed by atoms with Crippen LogP contribution in [0.15, 0.2) is 102 Å². The molecule has 0 radical (unpaired) electrons. The summed E-state index contributed by atoms with van der Waals surface area (Å²) in [6.45, 7) is 16.2. The second-order valence-electron chi connectivity index (χ2n) is 12.9. The van der Waals surface area contributed by atoms with E-state index in [2.05, 4.69) is 94.9 Å². The molecular weight excluding hydrogens is 577 g/mol. The van der Waals surface area contributed by atoms with Crippen LogP contribution >= 0.6 is 0 Å². The van der Waals surface area contributed by atoms with Crippen LogP contribution < -0.4 is 10.0 Å². The van der Waals surface area contributed by atoms with E-state index >= 15 is 0 Å². The first-order valence-corrected chi connectivity index (χ1v) is 17.6. The van der Waals surface area contributed by atoms with Crippen molar-refractivity contribution in [1.29, 1.82) is 0 Å². The van der Waals surface area contributed by atoms with Crippen LogP contribution in [0.25, 0.3) is 0 Å². The molecule has 0 aliphatic rings. The largest absolute Gasteiger partial charge is 0.375 e. The Balaban J connectivity index is 1.70. The molecule has 1 unspecified atom stereocenters. The van der Waals surface area contributed by atoms with Gasteiger partial charge in [0.2, 0.25) is 10.0 Å². The zero-order chi connectivity index (χ0) is 32.6. The van der Waals surface area contributed by atoms with Gasteiger partial charge in [-0.3, -0.25) is 0 Å². The summed E-state index contributed by atoms with van der Waals surface area (Å²) in [6, 6.07) is 31.5. The van der Waals surface area contributed by atoms with Gasteiger partial charge in [0.15, 0.2) is 0 Å². The first-order valence-electron chi connectivity index (χ1n) is 16.1. The van der Waals surface area contributed by atoms with E-state index in [1.54, 1.807) is 0 Å². The first kappa shape index (κ1) is 34.6. The topological polar surface area (TPSA) is 67.4 Å². The third kappa shape index (κ3) is 9.14. The number of benzene rings is 4. The van der Waals surface area contributed by atoms with Crippen molar-refractivity contribution in [2.45, 2.75) is 89.8 Å². The highest BCUT2D eigenvalue weighted by Gasteiger charge is 2.33. The molecule has 0 amide bonds. The van der Waals surface area contributed by atoms with Crippen LogP contribution in [0.5, 0.6) is 0 Å². The number of nitrogens with one attached hydrogen (secondary N) is 2. The highest BCUT2D eigenvalue weighted by Crippen LogP contribution is 2.37. The lowest BCUT2D eigenvalue weighted by Gasteiger charge is -2.31. The molecule has 0 saturated heterocycles. The summed E-state index contributed by atoms with van der Waals surface area (Å²) in [4.78, 5) is 0.408. The van der Waals surface area contributed by atoms with Crippen molar-refractivity contribution in [3.63, 3.8) is 0 Å². The van der Waals surface area contributed by atoms with E-state index in [4.69, 9.17) is 4.74 Å². The molecule has 4 aromatic carbocycles. The molecule has 4 aromatic rings. The Bertz CT molecular complexity index is 1570. The third-order valence-electron chi connectivity index (χ3n) is 8.28. The van der Waals surface area contributed by atoms with E-state index in [9.17, 15) is 8.42 Å². The molecular formula is C39H50N2O3S. The van der Waals surface area contributed by atoms with Crippen molar-refractivity contribution in [3.05, 3.63) is 136 Å². The predicted octanol–water partition coefficient (Wildman–Crippen LogP) is 8.93. The fraction of sp³-hybridized carbons (Fsp3) is 0.385. The molecule has 5 nitrogen and oxygen atoms in total. The number of hydrogen-bond donors (Lipinski definition) is 2. The van der Waals surface area contributed by atoms with E-state index in [0.717, 1.165) is 33.4 Å². The lowest BCUT2D eigenvalue weighted by molar-refractivity contribution is 0.119. The van der Waals surface area contributed by atoms with Crippen molar-refractivity contribution in [3.8, 4) is 0 Å². The molecule has 0 saturated carbocycles. The molecule has 0 spiro atoms. The molecule has 45 heavy (non-hydrogen) atoms. The van der Waals surface area contributed by atoms with Gasteiger partial charge in [0.1, 0.15) is 0 Å². The maximum Gasteiger partial charge on any atom is 0.241 e. The van der Waals surface area contributed by atoms with Gasteiger partial charge < -0.3 is 10.1 Å². The Morgan fingerprint density at radius 3 is 1.64 bits per heavy atom. The summed E-state index contributed by atoms with van der Waals surface area (Å²) >= 11 is 0. The Morgan fingerprint density at radius 1 is 0.644 bits per heavy atom. The van der Waals surface area contributed by atoms with Crippen molar-refractivity contribution in [2.75, 3.05) is 13.2 Å². The molecule has 0 bridgehead atoms. The van der Waals surface area contributed by atoms with Gasteiger partial charge in [-0.15, -0.1) is 0 Å². The van der Waals surface area contributed by atoms with E-state index < -0.39 is 16.1 Å². The molecule has 2 atom stereocenters. The Hall–Kier alpha value is -3.29. The van der Waals surface area contributed by atoms with Gasteiger partial charge in [0, 0.05) is 6.54 Å². The van der Waals surface area contributed by atoms with E-state index in [1.165, 1.54) is 5.56 Å². The smallest absolute Gasteiger partial charge is 0.241 e. The SMILES string of the molecule is Cc1ccc(COCCN[C@@H](c2ccccc2)C(NS(=O)(=O)c2c(C(C)C)cc(C(C)C)cc2C(C)C)c2ccccc2)cc1. The number of rotatable bonds is 15. The lowest BCUT2D eigenvalue weighted by Crippen LogP contribution is -2.40. The third-order valence-corrected chi connectivity index (χ3v) is 9.85. The molecule has 0 aromatic heterocycles. The molecule has 0 heterocycles. The summed E-state index contributed by atoms with van der Waals surface area (Å²) in [6.07, 6.45) is 0. The highest BCUT2D eigenvalue weighted by molar-refractivity contribution is 7.89. The van der Waals surface area contributed by atoms with Crippen LogP contribution in [0.2, 0.25) is 0 Å². The Morgan fingerprint density at radius 2 is 1.16 bits per heavy atom. The molecule has 2 N–H and O–H groups in total. The van der Waals surface area contributed by atoms with Gasteiger partial charge in [-0.1, -0.05) is 144 Å². The van der Waals surface area contributed by atoms with E-state index in [0.29, 0.717) is 30.6 Å². The maximum atomic E-state index is 14.7. The average Bonchev–Trinajstić information content (AvgIpc) is 3.02. The van der Waals surface area contributed by atoms with Crippen molar-refractivity contribution in [2.24, 2.45) is 0 Å². The highest BCUT2D eigenvalue weighted by atomic mass is 32.2. The molecule has 240 valence electrons. The first-order chi connectivity index (χ1) is 21.5. The second-order valence-corrected chi connectivity index (χ2v) is 14.5. The number of sulfonamides is 1. The average molecular weight is 627 g/mol. The second kappa shape index (κ2) is 15.8. The summed E-state index contributed by atoms with van der Waals surface area (Å²) < 4.78 is 38.6. The number of aryl methyl sites for hydroxylation is 1. The number of hydrogen-bond acceptors (Lipinski definition) is 4. The normalized spacial score (nSPS) is 13.5. The van der Waals surface area contributed by atoms with Crippen LogP contribution in [-0.2, 0) is 21.4 Å².